The highest BCUT2D eigenvalue weighted by Crippen LogP contribution is 2.59. The highest BCUT2D eigenvalue weighted by Gasteiger charge is 2.67. The number of alkyl halides is 3. The number of carbonyl (C=O) groups excluding carboxylic acids is 5. The van der Waals surface area contributed by atoms with Gasteiger partial charge in [-0.25, -0.2) is 4.98 Å². The molecule has 308 valence electrons. The molecule has 5 aliphatic heterocycles. The average molecular weight is 820 g/mol. The summed E-state index contributed by atoms with van der Waals surface area (Å²) in [5.41, 5.74) is 0.450. The van der Waals surface area contributed by atoms with Crippen LogP contribution < -0.4 is 15.0 Å². The van der Waals surface area contributed by atoms with Crippen LogP contribution in [0.4, 0.5) is 18.9 Å². The molecular formula is C44H40F3N7O6. The summed E-state index contributed by atoms with van der Waals surface area (Å²) in [7, 11) is 0. The van der Waals surface area contributed by atoms with E-state index in [0.29, 0.717) is 18.2 Å². The van der Waals surface area contributed by atoms with Gasteiger partial charge >= 0.3 is 6.18 Å². The number of fused-ring (bicyclic) bond motifs is 2. The van der Waals surface area contributed by atoms with Crippen molar-refractivity contribution in [2.75, 3.05) is 31.1 Å². The predicted molar refractivity (Wildman–Crippen MR) is 207 cm³/mol. The number of imide groups is 2. The molecule has 60 heavy (non-hydrogen) atoms. The molecule has 1 atom stereocenters. The standard InChI is InChI=1S/C44H40F3N7O6/c1-42(2)40(43(3,4)41(42)60-28-15-32(44(45,46)47)33(16-48)49-17-28)53-20-25-13-23(7-9-29(25)37(53)57)5-6-24-18-51(19-24)27-21-52(22-27)26-8-10-30-31(14-26)39(59)54(38(30)58)34-11-12-35(55)50-36(34)56/h7-10,13-15,17,24,27,34,40-41H,11-12,18-22H2,1-4H3,(H,50,55,56). The molecule has 0 radical (unpaired) electrons. The van der Waals surface area contributed by atoms with Gasteiger partial charge in [0.2, 0.25) is 11.8 Å². The van der Waals surface area contributed by atoms with Crippen molar-refractivity contribution < 1.29 is 41.9 Å². The van der Waals surface area contributed by atoms with E-state index < -0.39 is 64.0 Å². The van der Waals surface area contributed by atoms with E-state index in [2.05, 4.69) is 31.9 Å². The number of carbonyl (C=O) groups is 5. The summed E-state index contributed by atoms with van der Waals surface area (Å²) in [6.07, 6.45) is -4.02. The first kappa shape index (κ1) is 39.2. The van der Waals surface area contributed by atoms with Gasteiger partial charge in [-0.05, 0) is 54.4 Å². The summed E-state index contributed by atoms with van der Waals surface area (Å²) in [4.78, 5) is 75.1. The smallest absolute Gasteiger partial charge is 0.419 e. The second-order valence-corrected chi connectivity index (χ2v) is 17.7. The van der Waals surface area contributed by atoms with E-state index in [1.54, 1.807) is 18.2 Å². The number of nitrogens with zero attached hydrogens (tertiary/aromatic N) is 6. The Morgan fingerprint density at radius 1 is 0.883 bits per heavy atom. The number of halogens is 3. The fourth-order valence-corrected chi connectivity index (χ4v) is 10.4. The number of pyridine rings is 1. The van der Waals surface area contributed by atoms with Crippen LogP contribution in [0.5, 0.6) is 5.75 Å². The van der Waals surface area contributed by atoms with E-state index in [4.69, 9.17) is 10.00 Å². The van der Waals surface area contributed by atoms with Gasteiger partial charge in [-0.15, -0.1) is 0 Å². The third-order valence-electron chi connectivity index (χ3n) is 13.0. The summed E-state index contributed by atoms with van der Waals surface area (Å²) < 4.78 is 47.0. The van der Waals surface area contributed by atoms with Gasteiger partial charge in [0.25, 0.3) is 17.7 Å². The zero-order chi connectivity index (χ0) is 42.6. The largest absolute Gasteiger partial charge is 0.488 e. The molecule has 0 bridgehead atoms. The van der Waals surface area contributed by atoms with Crippen molar-refractivity contribution in [3.05, 3.63) is 87.7 Å². The minimum atomic E-state index is -4.77. The van der Waals surface area contributed by atoms with Crippen molar-refractivity contribution in [3.63, 3.8) is 0 Å². The molecule has 1 unspecified atom stereocenters. The van der Waals surface area contributed by atoms with Gasteiger partial charge in [0.05, 0.1) is 22.9 Å². The van der Waals surface area contributed by atoms with Crippen LogP contribution >= 0.6 is 0 Å². The predicted octanol–water partition coefficient (Wildman–Crippen LogP) is 4.38. The Labute approximate surface area is 343 Å². The summed E-state index contributed by atoms with van der Waals surface area (Å²) >= 11 is 0. The molecule has 6 aliphatic rings. The van der Waals surface area contributed by atoms with Gasteiger partial charge in [-0.2, -0.15) is 18.4 Å². The number of ether oxygens (including phenoxy) is 1. The third-order valence-corrected chi connectivity index (χ3v) is 13.0. The molecule has 6 heterocycles. The Hall–Kier alpha value is -6.26. The molecule has 2 aromatic carbocycles. The van der Waals surface area contributed by atoms with E-state index in [0.717, 1.165) is 60.2 Å². The van der Waals surface area contributed by atoms with Crippen molar-refractivity contribution >= 4 is 35.2 Å². The van der Waals surface area contributed by atoms with E-state index in [-0.39, 0.29) is 47.6 Å². The second-order valence-electron chi connectivity index (χ2n) is 17.7. The first-order valence-corrected chi connectivity index (χ1v) is 19.8. The zero-order valence-electron chi connectivity index (χ0n) is 33.2. The first-order chi connectivity index (χ1) is 28.4. The lowest BCUT2D eigenvalue weighted by atomic mass is 9.49. The first-order valence-electron chi connectivity index (χ1n) is 19.8. The Morgan fingerprint density at radius 3 is 2.27 bits per heavy atom. The summed E-state index contributed by atoms with van der Waals surface area (Å²) in [6, 6.07) is 12.1. The number of rotatable bonds is 6. The Balaban J connectivity index is 0.788. The topological polar surface area (TPSA) is 156 Å². The molecule has 4 fully saturated rings. The SMILES string of the molecule is CC1(C)C(Oc2cnc(C#N)c(C(F)(F)F)c2)C(C)(C)C1N1Cc2cc(C#CC3CN(C4CN(c5ccc6c(c5)C(=O)N(C5CCC(=O)NC5=O)C6=O)C4)C3)ccc2C1=O. The second kappa shape index (κ2) is 13.6. The maximum atomic E-state index is 13.8. The van der Waals surface area contributed by atoms with E-state index in [1.807, 2.05) is 50.8 Å². The molecule has 9 rings (SSSR count). The van der Waals surface area contributed by atoms with Crippen LogP contribution in [0, 0.1) is 39.9 Å². The van der Waals surface area contributed by atoms with Crippen molar-refractivity contribution in [3.8, 4) is 23.7 Å². The van der Waals surface area contributed by atoms with Crippen LogP contribution in [-0.4, -0.2) is 99.6 Å². The Bertz CT molecular complexity index is 2510. The number of hydrogen-bond acceptors (Lipinski definition) is 10. The third kappa shape index (κ3) is 6.19. The lowest BCUT2D eigenvalue weighted by Gasteiger charge is -2.65. The minimum absolute atomic E-state index is 0.0632. The van der Waals surface area contributed by atoms with Crippen LogP contribution in [0.25, 0.3) is 0 Å². The molecule has 5 amide bonds. The molecule has 0 spiro atoms. The average Bonchev–Trinajstić information content (AvgIpc) is 3.59. The van der Waals surface area contributed by atoms with Crippen LogP contribution in [0.15, 0.2) is 48.7 Å². The fourth-order valence-electron chi connectivity index (χ4n) is 10.4. The van der Waals surface area contributed by atoms with Crippen LogP contribution in [-0.2, 0) is 22.3 Å². The fraction of sp³-hybridized carbons (Fsp3) is 0.432. The van der Waals surface area contributed by atoms with Crippen LogP contribution in [0.2, 0.25) is 0 Å². The molecule has 13 nitrogen and oxygen atoms in total. The molecule has 1 saturated carbocycles. The number of hydrogen-bond donors (Lipinski definition) is 1. The quantitative estimate of drug-likeness (QED) is 0.280. The van der Waals surface area contributed by atoms with Crippen molar-refractivity contribution in [1.29, 1.82) is 5.26 Å². The van der Waals surface area contributed by atoms with Crippen LogP contribution in [0.3, 0.4) is 0 Å². The number of anilines is 1. The summed E-state index contributed by atoms with van der Waals surface area (Å²) in [6.45, 7) is 11.2. The molecule has 1 aromatic heterocycles. The molecular weight excluding hydrogens is 780 g/mol. The molecule has 1 aliphatic carbocycles. The van der Waals surface area contributed by atoms with Gasteiger partial charge in [-0.3, -0.25) is 39.1 Å². The number of nitrogens with one attached hydrogen (secondary N) is 1. The van der Waals surface area contributed by atoms with Crippen molar-refractivity contribution in [2.45, 2.75) is 77.5 Å². The van der Waals surface area contributed by atoms with Gasteiger partial charge in [-0.1, -0.05) is 39.5 Å². The number of nitriles is 1. The van der Waals surface area contributed by atoms with E-state index >= 15 is 0 Å². The normalized spacial score (nSPS) is 24.7. The summed E-state index contributed by atoms with van der Waals surface area (Å²) in [5.74, 6) is 4.54. The maximum absolute atomic E-state index is 13.8. The Morgan fingerprint density at radius 2 is 1.58 bits per heavy atom. The minimum Gasteiger partial charge on any atom is -0.488 e. The zero-order valence-corrected chi connectivity index (χ0v) is 33.2. The molecule has 3 aromatic rings. The molecule has 1 N–H and O–H groups in total. The van der Waals surface area contributed by atoms with E-state index in [9.17, 15) is 37.1 Å². The van der Waals surface area contributed by atoms with Gasteiger partial charge in [0, 0.05) is 84.8 Å². The van der Waals surface area contributed by atoms with Gasteiger partial charge in [0.1, 0.15) is 24.0 Å². The number of amides is 5. The number of likely N-dealkylation sites (tertiary alicyclic amines) is 1. The van der Waals surface area contributed by atoms with Crippen molar-refractivity contribution in [2.24, 2.45) is 16.7 Å². The summed E-state index contributed by atoms with van der Waals surface area (Å²) in [5, 5.41) is 11.3. The lowest BCUT2D eigenvalue weighted by molar-refractivity contribution is -0.199. The molecule has 16 heteroatoms. The maximum Gasteiger partial charge on any atom is 0.419 e. The van der Waals surface area contributed by atoms with Gasteiger partial charge in [0.15, 0.2) is 5.69 Å². The van der Waals surface area contributed by atoms with Crippen LogP contribution in [0.1, 0.15) is 94.0 Å². The highest BCUT2D eigenvalue weighted by molar-refractivity contribution is 6.23. The number of piperidine rings is 1. The highest BCUT2D eigenvalue weighted by atomic mass is 19.4. The van der Waals surface area contributed by atoms with E-state index in [1.165, 1.54) is 6.07 Å². The Kier molecular flexibility index (Phi) is 8.91. The molecule has 3 saturated heterocycles. The number of aromatic nitrogens is 1. The monoisotopic (exact) mass is 819 g/mol. The number of benzene rings is 2. The lowest BCUT2D eigenvalue weighted by Crippen LogP contribution is -2.74. The van der Waals surface area contributed by atoms with Crippen molar-refractivity contribution in [1.82, 2.24) is 25.0 Å². The van der Waals surface area contributed by atoms with Gasteiger partial charge < -0.3 is 14.5 Å².